The van der Waals surface area contributed by atoms with Gasteiger partial charge in [-0.2, -0.15) is 5.10 Å². The minimum Gasteiger partial charge on any atom is -0.348 e. The van der Waals surface area contributed by atoms with E-state index in [1.54, 1.807) is 0 Å². The van der Waals surface area contributed by atoms with Crippen LogP contribution in [0.25, 0.3) is 0 Å². The zero-order valence-corrected chi connectivity index (χ0v) is 14.6. The van der Waals surface area contributed by atoms with E-state index in [9.17, 15) is 9.59 Å². The molecule has 0 spiro atoms. The molecule has 0 unspecified atom stereocenters. The Morgan fingerprint density at radius 2 is 1.92 bits per heavy atom. The second kappa shape index (κ2) is 7.29. The Labute approximate surface area is 152 Å². The van der Waals surface area contributed by atoms with Gasteiger partial charge in [-0.15, -0.1) is 0 Å². The summed E-state index contributed by atoms with van der Waals surface area (Å²) in [7, 11) is 0. The van der Waals surface area contributed by atoms with Gasteiger partial charge in [0.2, 0.25) is 0 Å². The Morgan fingerprint density at radius 1 is 1.15 bits per heavy atom. The van der Waals surface area contributed by atoms with Crippen molar-refractivity contribution in [2.75, 3.05) is 19.6 Å². The zero-order chi connectivity index (χ0) is 17.9. The highest BCUT2D eigenvalue weighted by Gasteiger charge is 2.27. The van der Waals surface area contributed by atoms with Crippen LogP contribution in [-0.2, 0) is 13.0 Å². The topological polar surface area (TPSA) is 90.1 Å². The molecule has 7 heteroatoms. The normalized spacial score (nSPS) is 17.6. The molecule has 1 saturated heterocycles. The standard InChI is InChI=1S/C19H23N5O2/c25-18(17-15-12-20-9-6-16(15)22-23-17)21-14-7-10-24(11-8-14)19(26)13-4-2-1-3-5-13/h1-5,14,20H,6-12H2,(H,21,25)(H,22,23). The van der Waals surface area contributed by atoms with Crippen LogP contribution in [0.1, 0.15) is 44.9 Å². The molecule has 26 heavy (non-hydrogen) atoms. The van der Waals surface area contributed by atoms with Crippen molar-refractivity contribution >= 4 is 11.8 Å². The Morgan fingerprint density at radius 3 is 2.69 bits per heavy atom. The maximum Gasteiger partial charge on any atom is 0.272 e. The van der Waals surface area contributed by atoms with Gasteiger partial charge in [-0.3, -0.25) is 14.7 Å². The number of nitrogens with one attached hydrogen (secondary N) is 3. The molecule has 0 radical (unpaired) electrons. The fraction of sp³-hybridized carbons (Fsp3) is 0.421. The zero-order valence-electron chi connectivity index (χ0n) is 14.6. The van der Waals surface area contributed by atoms with Gasteiger partial charge in [0.05, 0.1) is 0 Å². The monoisotopic (exact) mass is 353 g/mol. The number of carbonyl (C=O) groups is 2. The molecule has 136 valence electrons. The fourth-order valence-corrected chi connectivity index (χ4v) is 3.66. The van der Waals surface area contributed by atoms with E-state index < -0.39 is 0 Å². The summed E-state index contributed by atoms with van der Waals surface area (Å²) in [5.74, 6) is -0.0677. The lowest BCUT2D eigenvalue weighted by molar-refractivity contribution is 0.0697. The molecule has 1 aromatic heterocycles. The van der Waals surface area contributed by atoms with Crippen LogP contribution in [0, 0.1) is 0 Å². The number of amides is 2. The minimum atomic E-state index is -0.126. The SMILES string of the molecule is O=C(NC1CCN(C(=O)c2ccccc2)CC1)c1n[nH]c2c1CNCC2. The van der Waals surface area contributed by atoms with Crippen LogP contribution in [0.2, 0.25) is 0 Å². The lowest BCUT2D eigenvalue weighted by Gasteiger charge is -2.32. The first kappa shape index (κ1) is 16.8. The number of rotatable bonds is 3. The van der Waals surface area contributed by atoms with Crippen LogP contribution >= 0.6 is 0 Å². The third kappa shape index (κ3) is 3.35. The molecular weight excluding hydrogens is 330 g/mol. The molecule has 1 aromatic carbocycles. The van der Waals surface area contributed by atoms with Crippen LogP contribution < -0.4 is 10.6 Å². The molecule has 2 aliphatic rings. The average Bonchev–Trinajstić information content (AvgIpc) is 3.13. The quantitative estimate of drug-likeness (QED) is 0.770. The Bertz CT molecular complexity index is 794. The van der Waals surface area contributed by atoms with Gasteiger partial charge >= 0.3 is 0 Å². The number of fused-ring (bicyclic) bond motifs is 1. The van der Waals surface area contributed by atoms with E-state index in [1.807, 2.05) is 35.2 Å². The highest BCUT2D eigenvalue weighted by molar-refractivity contribution is 5.95. The smallest absolute Gasteiger partial charge is 0.272 e. The van der Waals surface area contributed by atoms with Crippen molar-refractivity contribution in [3.8, 4) is 0 Å². The number of nitrogens with zero attached hydrogens (tertiary/aromatic N) is 2. The summed E-state index contributed by atoms with van der Waals surface area (Å²) in [5, 5.41) is 13.5. The number of aromatic nitrogens is 2. The molecule has 3 heterocycles. The van der Waals surface area contributed by atoms with Gasteiger partial charge in [0.1, 0.15) is 0 Å². The summed E-state index contributed by atoms with van der Waals surface area (Å²) < 4.78 is 0. The lowest BCUT2D eigenvalue weighted by atomic mass is 10.0. The van der Waals surface area contributed by atoms with Crippen LogP contribution in [0.15, 0.2) is 30.3 Å². The number of H-pyrrole nitrogens is 1. The second-order valence-corrected chi connectivity index (χ2v) is 6.86. The van der Waals surface area contributed by atoms with Crippen molar-refractivity contribution in [3.63, 3.8) is 0 Å². The highest BCUT2D eigenvalue weighted by Crippen LogP contribution is 2.17. The summed E-state index contributed by atoms with van der Waals surface area (Å²) >= 11 is 0. The molecule has 2 aromatic rings. The van der Waals surface area contributed by atoms with Gasteiger partial charge < -0.3 is 15.5 Å². The van der Waals surface area contributed by atoms with E-state index in [4.69, 9.17) is 0 Å². The summed E-state index contributed by atoms with van der Waals surface area (Å²) in [5.41, 5.74) is 3.24. The van der Waals surface area contributed by atoms with Crippen molar-refractivity contribution in [2.45, 2.75) is 31.8 Å². The van der Waals surface area contributed by atoms with E-state index in [2.05, 4.69) is 20.8 Å². The predicted octanol–water partition coefficient (Wildman–Crippen LogP) is 1.09. The maximum atomic E-state index is 12.6. The fourth-order valence-electron chi connectivity index (χ4n) is 3.66. The molecule has 3 N–H and O–H groups in total. The van der Waals surface area contributed by atoms with Crippen molar-refractivity contribution in [1.29, 1.82) is 0 Å². The molecular formula is C19H23N5O2. The highest BCUT2D eigenvalue weighted by atomic mass is 16.2. The van der Waals surface area contributed by atoms with E-state index >= 15 is 0 Å². The van der Waals surface area contributed by atoms with Crippen LogP contribution in [0.4, 0.5) is 0 Å². The molecule has 4 rings (SSSR count). The number of hydrogen-bond donors (Lipinski definition) is 3. The largest absolute Gasteiger partial charge is 0.348 e. The van der Waals surface area contributed by atoms with Crippen molar-refractivity contribution in [3.05, 3.63) is 52.8 Å². The summed E-state index contributed by atoms with van der Waals surface area (Å²) in [6, 6.07) is 9.41. The third-order valence-electron chi connectivity index (χ3n) is 5.16. The number of likely N-dealkylation sites (tertiary alicyclic amines) is 1. The first-order chi connectivity index (χ1) is 12.7. The van der Waals surface area contributed by atoms with Gasteiger partial charge in [-0.1, -0.05) is 18.2 Å². The third-order valence-corrected chi connectivity index (χ3v) is 5.16. The molecule has 0 aliphatic carbocycles. The van der Waals surface area contributed by atoms with Crippen LogP contribution in [-0.4, -0.2) is 52.6 Å². The minimum absolute atomic E-state index is 0.0582. The number of piperidine rings is 1. The number of aromatic amines is 1. The molecule has 2 amide bonds. The average molecular weight is 353 g/mol. The lowest BCUT2D eigenvalue weighted by Crippen LogP contribution is -2.46. The first-order valence-corrected chi connectivity index (χ1v) is 9.14. The summed E-state index contributed by atoms with van der Waals surface area (Å²) in [6.45, 7) is 2.89. The number of benzene rings is 1. The van der Waals surface area contributed by atoms with E-state index in [1.165, 1.54) is 0 Å². The van der Waals surface area contributed by atoms with Gasteiger partial charge in [0, 0.05) is 55.5 Å². The molecule has 0 atom stereocenters. The Balaban J connectivity index is 1.33. The number of carbonyl (C=O) groups excluding carboxylic acids is 2. The van der Waals surface area contributed by atoms with E-state index in [0.29, 0.717) is 30.9 Å². The van der Waals surface area contributed by atoms with Crippen LogP contribution in [0.3, 0.4) is 0 Å². The van der Waals surface area contributed by atoms with Gasteiger partial charge in [0.25, 0.3) is 11.8 Å². The van der Waals surface area contributed by atoms with Crippen molar-refractivity contribution in [2.24, 2.45) is 0 Å². The van der Waals surface area contributed by atoms with Gasteiger partial charge in [0.15, 0.2) is 5.69 Å². The van der Waals surface area contributed by atoms with Crippen LogP contribution in [0.5, 0.6) is 0 Å². The molecule has 2 aliphatic heterocycles. The molecule has 7 nitrogen and oxygen atoms in total. The number of hydrogen-bond acceptors (Lipinski definition) is 4. The van der Waals surface area contributed by atoms with Crippen molar-refractivity contribution in [1.82, 2.24) is 25.7 Å². The van der Waals surface area contributed by atoms with Crippen molar-refractivity contribution < 1.29 is 9.59 Å². The molecule has 1 fully saturated rings. The van der Waals surface area contributed by atoms with Gasteiger partial charge in [-0.25, -0.2) is 0 Å². The second-order valence-electron chi connectivity index (χ2n) is 6.86. The summed E-state index contributed by atoms with van der Waals surface area (Å²) in [6.07, 6.45) is 2.39. The molecule has 0 saturated carbocycles. The maximum absolute atomic E-state index is 12.6. The predicted molar refractivity (Wildman–Crippen MR) is 96.8 cm³/mol. The Kier molecular flexibility index (Phi) is 4.71. The molecule has 0 bridgehead atoms. The first-order valence-electron chi connectivity index (χ1n) is 9.14. The summed E-state index contributed by atoms with van der Waals surface area (Å²) in [4.78, 5) is 26.9. The Hall–Kier alpha value is -2.67. The van der Waals surface area contributed by atoms with E-state index in [-0.39, 0.29) is 17.9 Å². The van der Waals surface area contributed by atoms with E-state index in [0.717, 1.165) is 37.1 Å². The van der Waals surface area contributed by atoms with Gasteiger partial charge in [-0.05, 0) is 25.0 Å².